The van der Waals surface area contributed by atoms with E-state index in [0.29, 0.717) is 19.7 Å². The van der Waals surface area contributed by atoms with Crippen LogP contribution in [0.3, 0.4) is 0 Å². The molecule has 1 aromatic carbocycles. The zero-order valence-corrected chi connectivity index (χ0v) is 15.9. The first-order valence-electron chi connectivity index (χ1n) is 8.82. The molecule has 0 radical (unpaired) electrons. The number of hydrogen-bond donors (Lipinski definition) is 2. The molecule has 0 bridgehead atoms. The molecule has 0 aliphatic heterocycles. The number of benzene rings is 1. The summed E-state index contributed by atoms with van der Waals surface area (Å²) < 4.78 is 34.6. The van der Waals surface area contributed by atoms with E-state index in [1.54, 1.807) is 31.0 Å². The second kappa shape index (κ2) is 12.1. The zero-order valence-electron chi connectivity index (χ0n) is 15.9. The number of halogens is 2. The lowest BCUT2D eigenvalue weighted by Crippen LogP contribution is -2.43. The Morgan fingerprint density at radius 1 is 1.22 bits per heavy atom. The number of hydrogen-bond acceptors (Lipinski definition) is 5. The van der Waals surface area contributed by atoms with E-state index in [0.717, 1.165) is 18.4 Å². The Kier molecular flexibility index (Phi) is 10.1. The Balaban J connectivity index is 2.57. The number of ether oxygens (including phenoxy) is 2. The van der Waals surface area contributed by atoms with Crippen molar-refractivity contribution in [3.8, 4) is 11.5 Å². The van der Waals surface area contributed by atoms with Crippen LogP contribution >= 0.6 is 0 Å². The minimum absolute atomic E-state index is 0.000448. The van der Waals surface area contributed by atoms with Crippen LogP contribution in [-0.2, 0) is 11.3 Å². The molecule has 1 aromatic rings. The molecule has 0 aliphatic carbocycles. The SMILES string of the molecule is CCCCNC(=O)NC(=O)CN(C)Cc1ccc(OC(F)F)c(OCC)c1. The Labute approximate surface area is 158 Å². The van der Waals surface area contributed by atoms with Crippen molar-refractivity contribution < 1.29 is 27.8 Å². The summed E-state index contributed by atoms with van der Waals surface area (Å²) >= 11 is 0. The summed E-state index contributed by atoms with van der Waals surface area (Å²) in [6, 6.07) is 4.09. The van der Waals surface area contributed by atoms with Crippen LogP contribution in [-0.4, -0.2) is 50.2 Å². The number of nitrogens with zero attached hydrogens (tertiary/aromatic N) is 1. The van der Waals surface area contributed by atoms with Gasteiger partial charge in [-0.3, -0.25) is 15.0 Å². The van der Waals surface area contributed by atoms with Crippen LogP contribution in [0.25, 0.3) is 0 Å². The highest BCUT2D eigenvalue weighted by Crippen LogP contribution is 2.30. The van der Waals surface area contributed by atoms with Gasteiger partial charge in [-0.2, -0.15) is 8.78 Å². The van der Waals surface area contributed by atoms with Gasteiger partial charge in [0.05, 0.1) is 13.2 Å². The number of urea groups is 1. The summed E-state index contributed by atoms with van der Waals surface area (Å²) in [6.45, 7) is 1.97. The molecule has 1 rings (SSSR count). The molecule has 0 saturated carbocycles. The molecule has 3 amide bonds. The van der Waals surface area contributed by atoms with Crippen molar-refractivity contribution >= 4 is 11.9 Å². The number of nitrogens with one attached hydrogen (secondary N) is 2. The van der Waals surface area contributed by atoms with E-state index in [4.69, 9.17) is 4.74 Å². The molecule has 0 fully saturated rings. The average molecular weight is 387 g/mol. The molecular formula is C18H27F2N3O4. The molecule has 0 aromatic heterocycles. The van der Waals surface area contributed by atoms with Crippen LogP contribution in [0.5, 0.6) is 11.5 Å². The smallest absolute Gasteiger partial charge is 0.387 e. The molecule has 152 valence electrons. The van der Waals surface area contributed by atoms with Crippen LogP contribution in [0, 0.1) is 0 Å². The summed E-state index contributed by atoms with van der Waals surface area (Å²) in [5.41, 5.74) is 0.753. The summed E-state index contributed by atoms with van der Waals surface area (Å²) in [5, 5.41) is 4.86. The lowest BCUT2D eigenvalue weighted by molar-refractivity contribution is -0.121. The quantitative estimate of drug-likeness (QED) is 0.571. The van der Waals surface area contributed by atoms with Crippen molar-refractivity contribution in [2.75, 3.05) is 26.7 Å². The molecule has 0 atom stereocenters. The van der Waals surface area contributed by atoms with Crippen molar-refractivity contribution in [1.29, 1.82) is 0 Å². The maximum Gasteiger partial charge on any atom is 0.387 e. The topological polar surface area (TPSA) is 79.9 Å². The van der Waals surface area contributed by atoms with E-state index in [1.165, 1.54) is 6.07 Å². The molecule has 0 saturated heterocycles. The van der Waals surface area contributed by atoms with Crippen LogP contribution in [0.4, 0.5) is 13.6 Å². The number of rotatable bonds is 11. The van der Waals surface area contributed by atoms with Crippen LogP contribution in [0.1, 0.15) is 32.3 Å². The standard InChI is InChI=1S/C18H27F2N3O4/c1-4-6-9-21-18(25)22-16(24)12-23(3)11-13-7-8-14(27-17(19)20)15(10-13)26-5-2/h7-8,10,17H,4-6,9,11-12H2,1-3H3,(H2,21,22,24,25). The van der Waals surface area contributed by atoms with Gasteiger partial charge in [-0.15, -0.1) is 0 Å². The Morgan fingerprint density at radius 2 is 1.96 bits per heavy atom. The minimum Gasteiger partial charge on any atom is -0.490 e. The second-order valence-electron chi connectivity index (χ2n) is 5.92. The molecule has 7 nitrogen and oxygen atoms in total. The fraction of sp³-hybridized carbons (Fsp3) is 0.556. The van der Waals surface area contributed by atoms with Gasteiger partial charge in [-0.05, 0) is 38.1 Å². The zero-order chi connectivity index (χ0) is 20.2. The third-order valence-electron chi connectivity index (χ3n) is 3.46. The second-order valence-corrected chi connectivity index (χ2v) is 5.92. The third kappa shape index (κ3) is 9.18. The highest BCUT2D eigenvalue weighted by Gasteiger charge is 2.14. The van der Waals surface area contributed by atoms with Gasteiger partial charge in [-0.25, -0.2) is 4.79 Å². The minimum atomic E-state index is -2.94. The largest absolute Gasteiger partial charge is 0.490 e. The molecule has 0 aliphatic rings. The predicted molar refractivity (Wildman–Crippen MR) is 97.0 cm³/mol. The van der Waals surface area contributed by atoms with E-state index >= 15 is 0 Å². The monoisotopic (exact) mass is 387 g/mol. The van der Waals surface area contributed by atoms with E-state index in [-0.39, 0.29) is 18.0 Å². The van der Waals surface area contributed by atoms with Gasteiger partial charge < -0.3 is 14.8 Å². The van der Waals surface area contributed by atoms with Crippen LogP contribution < -0.4 is 20.1 Å². The summed E-state index contributed by atoms with van der Waals surface area (Å²) in [5.74, 6) is -0.266. The van der Waals surface area contributed by atoms with Gasteiger partial charge in [0, 0.05) is 13.1 Å². The number of likely N-dealkylation sites (N-methyl/N-ethyl adjacent to an activating group) is 1. The fourth-order valence-electron chi connectivity index (χ4n) is 2.31. The van der Waals surface area contributed by atoms with Crippen molar-refractivity contribution in [3.63, 3.8) is 0 Å². The lowest BCUT2D eigenvalue weighted by atomic mass is 10.2. The van der Waals surface area contributed by atoms with Crippen LogP contribution in [0.2, 0.25) is 0 Å². The number of carbonyl (C=O) groups is 2. The Hall–Kier alpha value is -2.42. The van der Waals surface area contributed by atoms with Gasteiger partial charge in [-0.1, -0.05) is 19.4 Å². The predicted octanol–water partition coefficient (Wildman–Crippen LogP) is 2.74. The first kappa shape index (κ1) is 22.6. The van der Waals surface area contributed by atoms with Crippen LogP contribution in [0.15, 0.2) is 18.2 Å². The Bertz CT molecular complexity index is 614. The van der Waals surface area contributed by atoms with Crippen molar-refractivity contribution in [1.82, 2.24) is 15.5 Å². The highest BCUT2D eigenvalue weighted by atomic mass is 19.3. The number of carbonyl (C=O) groups excluding carboxylic acids is 2. The number of alkyl halides is 2. The maximum absolute atomic E-state index is 12.4. The number of imide groups is 1. The summed E-state index contributed by atoms with van der Waals surface area (Å²) in [7, 11) is 1.71. The molecule has 0 heterocycles. The first-order valence-corrected chi connectivity index (χ1v) is 8.82. The van der Waals surface area contributed by atoms with Gasteiger partial charge in [0.15, 0.2) is 11.5 Å². The molecule has 0 spiro atoms. The third-order valence-corrected chi connectivity index (χ3v) is 3.46. The molecule has 0 unspecified atom stereocenters. The maximum atomic E-state index is 12.4. The highest BCUT2D eigenvalue weighted by molar-refractivity contribution is 5.95. The Morgan fingerprint density at radius 3 is 2.59 bits per heavy atom. The average Bonchev–Trinajstić information content (AvgIpc) is 2.57. The fourth-order valence-corrected chi connectivity index (χ4v) is 2.31. The first-order chi connectivity index (χ1) is 12.8. The summed E-state index contributed by atoms with van der Waals surface area (Å²) in [4.78, 5) is 25.1. The molecule has 9 heteroatoms. The lowest BCUT2D eigenvalue weighted by Gasteiger charge is -2.18. The van der Waals surface area contributed by atoms with Crippen molar-refractivity contribution in [2.45, 2.75) is 39.8 Å². The number of amides is 3. The van der Waals surface area contributed by atoms with Crippen molar-refractivity contribution in [3.05, 3.63) is 23.8 Å². The molecular weight excluding hydrogens is 360 g/mol. The van der Waals surface area contributed by atoms with Gasteiger partial charge in [0.1, 0.15) is 0 Å². The van der Waals surface area contributed by atoms with Gasteiger partial charge >= 0.3 is 12.6 Å². The van der Waals surface area contributed by atoms with E-state index in [2.05, 4.69) is 15.4 Å². The van der Waals surface area contributed by atoms with E-state index in [1.807, 2.05) is 6.92 Å². The number of unbranched alkanes of at least 4 members (excludes halogenated alkanes) is 1. The van der Waals surface area contributed by atoms with Gasteiger partial charge in [0.2, 0.25) is 5.91 Å². The van der Waals surface area contributed by atoms with Gasteiger partial charge in [0.25, 0.3) is 0 Å². The molecule has 2 N–H and O–H groups in total. The summed E-state index contributed by atoms with van der Waals surface area (Å²) in [6.07, 6.45) is 1.79. The molecule has 27 heavy (non-hydrogen) atoms. The van der Waals surface area contributed by atoms with E-state index < -0.39 is 18.5 Å². The van der Waals surface area contributed by atoms with Crippen molar-refractivity contribution in [2.24, 2.45) is 0 Å². The van der Waals surface area contributed by atoms with E-state index in [9.17, 15) is 18.4 Å². The normalized spacial score (nSPS) is 10.8.